The van der Waals surface area contributed by atoms with Crippen molar-refractivity contribution in [3.8, 4) is 11.9 Å². The number of hydrogen-bond acceptors (Lipinski definition) is 5. The fourth-order valence-electron chi connectivity index (χ4n) is 2.64. The number of nitro groups is 1. The predicted octanol–water partition coefficient (Wildman–Crippen LogP) is 2.74. The lowest BCUT2D eigenvalue weighted by molar-refractivity contribution is -0.384. The molecule has 0 saturated heterocycles. The molecule has 2 aromatic rings. The van der Waals surface area contributed by atoms with E-state index in [2.05, 4.69) is 4.99 Å². The first kappa shape index (κ1) is 17.3. The van der Waals surface area contributed by atoms with E-state index in [9.17, 15) is 18.9 Å². The molecule has 0 amide bonds. The third-order valence-corrected chi connectivity index (χ3v) is 3.88. The predicted molar refractivity (Wildman–Crippen MR) is 87.4 cm³/mol. The van der Waals surface area contributed by atoms with Crippen molar-refractivity contribution >= 4 is 11.4 Å². The van der Waals surface area contributed by atoms with Crippen molar-refractivity contribution in [3.05, 3.63) is 69.8 Å². The number of ether oxygens (including phenoxy) is 1. The molecule has 132 valence electrons. The van der Waals surface area contributed by atoms with Crippen molar-refractivity contribution in [2.24, 2.45) is 4.99 Å². The van der Waals surface area contributed by atoms with E-state index >= 15 is 0 Å². The van der Waals surface area contributed by atoms with Gasteiger partial charge in [-0.2, -0.15) is 10.3 Å². The lowest BCUT2D eigenvalue weighted by Gasteiger charge is -2.33. The highest BCUT2D eigenvalue weighted by molar-refractivity contribution is 5.75. The van der Waals surface area contributed by atoms with Gasteiger partial charge in [-0.15, -0.1) is 0 Å². The van der Waals surface area contributed by atoms with Gasteiger partial charge in [0.1, 0.15) is 24.6 Å². The van der Waals surface area contributed by atoms with Crippen LogP contribution >= 0.6 is 0 Å². The zero-order chi connectivity index (χ0) is 18.7. The van der Waals surface area contributed by atoms with E-state index in [1.807, 2.05) is 0 Å². The van der Waals surface area contributed by atoms with Crippen LogP contribution in [0.15, 0.2) is 53.7 Å². The van der Waals surface area contributed by atoms with Crippen LogP contribution in [0.3, 0.4) is 0 Å². The summed E-state index contributed by atoms with van der Waals surface area (Å²) in [5.74, 6) is 0.0997. The molecule has 0 spiro atoms. The van der Waals surface area contributed by atoms with Gasteiger partial charge < -0.3 is 9.30 Å². The van der Waals surface area contributed by atoms with Crippen LogP contribution in [0.2, 0.25) is 0 Å². The molecule has 0 unspecified atom stereocenters. The van der Waals surface area contributed by atoms with Crippen LogP contribution < -0.4 is 10.2 Å². The van der Waals surface area contributed by atoms with Crippen molar-refractivity contribution in [3.63, 3.8) is 0 Å². The number of nitro benzene ring substituents is 1. The molecule has 7 nitrogen and oxygen atoms in total. The molecule has 1 aromatic carbocycles. The normalized spacial score (nSPS) is 15.4. The number of nitrogens with zero attached hydrogens (tertiary/aromatic N) is 4. The highest BCUT2D eigenvalue weighted by Crippen LogP contribution is 2.39. The van der Waals surface area contributed by atoms with Crippen LogP contribution in [-0.4, -0.2) is 28.4 Å². The van der Waals surface area contributed by atoms with Crippen LogP contribution in [0.5, 0.6) is 5.75 Å². The Kier molecular flexibility index (Phi) is 4.49. The highest BCUT2D eigenvalue weighted by atomic mass is 19.1. The molecule has 3 rings (SSSR count). The summed E-state index contributed by atoms with van der Waals surface area (Å²) in [6.45, 7) is -2.27. The summed E-state index contributed by atoms with van der Waals surface area (Å²) in [7, 11) is 0. The molecule has 0 radical (unpaired) electrons. The summed E-state index contributed by atoms with van der Waals surface area (Å²) in [6, 6.07) is 8.54. The first-order valence-electron chi connectivity index (χ1n) is 7.47. The third-order valence-electron chi connectivity index (χ3n) is 3.88. The number of fused-ring (bicyclic) bond motifs is 1. The second kappa shape index (κ2) is 6.76. The maximum atomic E-state index is 13.6. The number of nitriles is 1. The van der Waals surface area contributed by atoms with Crippen LogP contribution in [0, 0.1) is 21.6 Å². The van der Waals surface area contributed by atoms with Crippen molar-refractivity contribution in [2.75, 3.05) is 13.3 Å². The van der Waals surface area contributed by atoms with Gasteiger partial charge in [0.05, 0.1) is 10.6 Å². The summed E-state index contributed by atoms with van der Waals surface area (Å²) in [4.78, 5) is 14.2. The Hall–Kier alpha value is -3.54. The second-order valence-electron chi connectivity index (χ2n) is 5.54. The van der Waals surface area contributed by atoms with E-state index in [1.165, 1.54) is 41.1 Å². The Morgan fingerprint density at radius 1 is 1.31 bits per heavy atom. The number of halogens is 2. The molecule has 0 N–H and O–H groups in total. The molecule has 1 aliphatic rings. The molecule has 0 atom stereocenters. The zero-order valence-electron chi connectivity index (χ0n) is 13.3. The molecule has 26 heavy (non-hydrogen) atoms. The monoisotopic (exact) mass is 358 g/mol. The summed E-state index contributed by atoms with van der Waals surface area (Å²) < 4.78 is 34.0. The largest absolute Gasteiger partial charge is 0.477 e. The summed E-state index contributed by atoms with van der Waals surface area (Å²) in [6.07, 6.45) is 4.41. The molecule has 0 fully saturated rings. The average Bonchev–Trinajstić information content (AvgIpc) is 2.67. The molecular weight excluding hydrogens is 346 g/mol. The fraction of sp³-hybridized carbons (Fsp3) is 0.176. The lowest BCUT2D eigenvalue weighted by Crippen LogP contribution is -2.42. The van der Waals surface area contributed by atoms with E-state index in [0.717, 1.165) is 0 Å². The summed E-state index contributed by atoms with van der Waals surface area (Å²) in [5.41, 5.74) is -1.36. The van der Waals surface area contributed by atoms with Gasteiger partial charge in [-0.3, -0.25) is 10.1 Å². The fourth-order valence-corrected chi connectivity index (χ4v) is 2.64. The number of hydrogen-bond donors (Lipinski definition) is 0. The average molecular weight is 358 g/mol. The van der Waals surface area contributed by atoms with E-state index in [-0.39, 0.29) is 28.2 Å². The SMILES string of the molecule is N#C/N=c1/ccccn1C1=CC(CF)(CF)Oc2ccc([N+](=O)[O-])cc21. The van der Waals surface area contributed by atoms with Crippen molar-refractivity contribution in [1.82, 2.24) is 4.57 Å². The number of benzene rings is 1. The molecule has 1 aliphatic heterocycles. The van der Waals surface area contributed by atoms with E-state index < -0.39 is 23.9 Å². The quantitative estimate of drug-likeness (QED) is 0.477. The van der Waals surface area contributed by atoms with Crippen LogP contribution in [0.25, 0.3) is 5.70 Å². The minimum Gasteiger partial charge on any atom is -0.477 e. The van der Waals surface area contributed by atoms with Gasteiger partial charge in [0.2, 0.25) is 6.19 Å². The molecule has 9 heteroatoms. The van der Waals surface area contributed by atoms with E-state index in [1.54, 1.807) is 18.3 Å². The Labute approximate surface area is 146 Å². The first-order valence-corrected chi connectivity index (χ1v) is 7.47. The number of pyridine rings is 1. The molecule has 0 saturated carbocycles. The maximum absolute atomic E-state index is 13.6. The first-order chi connectivity index (χ1) is 12.5. The van der Waals surface area contributed by atoms with Gasteiger partial charge >= 0.3 is 0 Å². The van der Waals surface area contributed by atoms with Gasteiger partial charge in [-0.05, 0) is 24.3 Å². The van der Waals surface area contributed by atoms with E-state index in [0.29, 0.717) is 0 Å². The molecular formula is C17H12F2N4O3. The van der Waals surface area contributed by atoms with Gasteiger partial charge in [0, 0.05) is 23.9 Å². The zero-order valence-corrected chi connectivity index (χ0v) is 13.3. The van der Waals surface area contributed by atoms with Gasteiger partial charge in [0.15, 0.2) is 5.60 Å². The number of rotatable bonds is 4. The Balaban J connectivity index is 2.33. The minimum absolute atomic E-state index is 0.0997. The standard InChI is InChI=1S/C17H12F2N4O3/c18-9-17(10-19)8-14(22-6-2-1-3-16(22)21-11-20)13-7-12(23(24)25)4-5-15(13)26-17/h1-8H,9-10H2/b21-16-. The van der Waals surface area contributed by atoms with Gasteiger partial charge in [-0.25, -0.2) is 8.78 Å². The second-order valence-corrected chi connectivity index (χ2v) is 5.54. The molecule has 0 bridgehead atoms. The molecule has 1 aromatic heterocycles. The van der Waals surface area contributed by atoms with Crippen LogP contribution in [-0.2, 0) is 0 Å². The van der Waals surface area contributed by atoms with Crippen LogP contribution in [0.1, 0.15) is 5.56 Å². The topological polar surface area (TPSA) is 93.5 Å². The minimum atomic E-state index is -1.86. The lowest BCUT2D eigenvalue weighted by atomic mass is 9.97. The molecule has 0 aliphatic carbocycles. The number of non-ortho nitro benzene ring substituents is 1. The van der Waals surface area contributed by atoms with Crippen LogP contribution in [0.4, 0.5) is 14.5 Å². The Morgan fingerprint density at radius 3 is 2.73 bits per heavy atom. The Bertz CT molecular complexity index is 1000. The third kappa shape index (κ3) is 2.93. The number of aromatic nitrogens is 1. The van der Waals surface area contributed by atoms with Gasteiger partial charge in [-0.1, -0.05) is 6.07 Å². The summed E-state index contributed by atoms with van der Waals surface area (Å²) in [5, 5.41) is 20.0. The highest BCUT2D eigenvalue weighted by Gasteiger charge is 2.37. The van der Waals surface area contributed by atoms with Gasteiger partial charge in [0.25, 0.3) is 5.69 Å². The summed E-state index contributed by atoms with van der Waals surface area (Å²) >= 11 is 0. The number of alkyl halides is 2. The van der Waals surface area contributed by atoms with Crippen molar-refractivity contribution in [2.45, 2.75) is 5.60 Å². The van der Waals surface area contributed by atoms with E-state index in [4.69, 9.17) is 10.00 Å². The Morgan fingerprint density at radius 2 is 2.08 bits per heavy atom. The van der Waals surface area contributed by atoms with Crippen molar-refractivity contribution in [1.29, 1.82) is 5.26 Å². The van der Waals surface area contributed by atoms with Crippen molar-refractivity contribution < 1.29 is 18.4 Å². The maximum Gasteiger partial charge on any atom is 0.270 e. The molecule has 2 heterocycles. The smallest absolute Gasteiger partial charge is 0.270 e.